The first-order chi connectivity index (χ1) is 14.0. The Balaban J connectivity index is 1.52. The molecule has 1 aliphatic carbocycles. The Bertz CT molecular complexity index is 1080. The summed E-state index contributed by atoms with van der Waals surface area (Å²) in [7, 11) is 0. The number of carbonyl (C=O) groups is 2. The molecule has 146 valence electrons. The van der Waals surface area contributed by atoms with Crippen LogP contribution in [-0.4, -0.2) is 23.8 Å². The van der Waals surface area contributed by atoms with Crippen molar-refractivity contribution in [1.29, 1.82) is 0 Å². The summed E-state index contributed by atoms with van der Waals surface area (Å²) in [5.74, 6) is -1.10. The molecule has 29 heavy (non-hydrogen) atoms. The van der Waals surface area contributed by atoms with E-state index in [1.54, 1.807) is 19.1 Å². The lowest BCUT2D eigenvalue weighted by Crippen LogP contribution is -2.19. The highest BCUT2D eigenvalue weighted by Gasteiger charge is 2.29. The van der Waals surface area contributed by atoms with Crippen LogP contribution in [0.1, 0.15) is 33.0 Å². The number of nitrogens with one attached hydrogen (secondary N) is 1. The number of fused-ring (bicyclic) bond motifs is 3. The van der Waals surface area contributed by atoms with Gasteiger partial charge in [0.05, 0.1) is 5.56 Å². The number of carboxylic acid groups (broad SMARTS) is 1. The van der Waals surface area contributed by atoms with Crippen LogP contribution in [0.5, 0.6) is 0 Å². The SMILES string of the molecule is Cc1c(NC(=O)OCC2c3ccccc3-c3ccccc32)ccc(Br)c1C(=O)O. The summed E-state index contributed by atoms with van der Waals surface area (Å²) in [5.41, 5.74) is 5.56. The molecular weight excluding hydrogens is 434 g/mol. The van der Waals surface area contributed by atoms with Crippen LogP contribution in [0, 0.1) is 6.92 Å². The van der Waals surface area contributed by atoms with E-state index in [0.717, 1.165) is 22.3 Å². The third kappa shape index (κ3) is 3.51. The zero-order chi connectivity index (χ0) is 20.5. The highest BCUT2D eigenvalue weighted by atomic mass is 79.9. The standard InChI is InChI=1S/C23H18BrNO4/c1-13-20(11-10-19(24)21(13)22(26)27)25-23(28)29-12-18-16-8-4-2-6-14(16)15-7-3-5-9-17(15)18/h2-11,18H,12H2,1H3,(H,25,28)(H,26,27). The van der Waals surface area contributed by atoms with E-state index in [2.05, 4.69) is 45.5 Å². The molecule has 0 atom stereocenters. The molecule has 1 amide bonds. The summed E-state index contributed by atoms with van der Waals surface area (Å²) < 4.78 is 5.98. The average molecular weight is 452 g/mol. The van der Waals surface area contributed by atoms with Gasteiger partial charge in [-0.15, -0.1) is 0 Å². The molecule has 0 aromatic heterocycles. The van der Waals surface area contributed by atoms with E-state index >= 15 is 0 Å². The van der Waals surface area contributed by atoms with Gasteiger partial charge in [-0.25, -0.2) is 9.59 Å². The number of anilines is 1. The second-order valence-corrected chi connectivity index (χ2v) is 7.70. The van der Waals surface area contributed by atoms with E-state index in [0.29, 0.717) is 15.7 Å². The number of hydrogen-bond donors (Lipinski definition) is 2. The van der Waals surface area contributed by atoms with Crippen molar-refractivity contribution in [3.05, 3.63) is 87.4 Å². The zero-order valence-corrected chi connectivity index (χ0v) is 17.2. The third-order valence-corrected chi connectivity index (χ3v) is 5.87. The van der Waals surface area contributed by atoms with Crippen LogP contribution in [0.2, 0.25) is 0 Å². The number of aromatic carboxylic acids is 1. The molecule has 5 nitrogen and oxygen atoms in total. The van der Waals surface area contributed by atoms with Crippen LogP contribution in [0.3, 0.4) is 0 Å². The first kappa shape index (κ1) is 19.2. The van der Waals surface area contributed by atoms with Crippen molar-refractivity contribution in [2.24, 2.45) is 0 Å². The predicted molar refractivity (Wildman–Crippen MR) is 115 cm³/mol. The summed E-state index contributed by atoms with van der Waals surface area (Å²) >= 11 is 3.23. The fourth-order valence-electron chi connectivity index (χ4n) is 3.82. The van der Waals surface area contributed by atoms with Gasteiger partial charge in [-0.2, -0.15) is 0 Å². The second-order valence-electron chi connectivity index (χ2n) is 6.85. The molecule has 1 aliphatic rings. The first-order valence-electron chi connectivity index (χ1n) is 9.11. The van der Waals surface area contributed by atoms with E-state index in [4.69, 9.17) is 4.74 Å². The van der Waals surface area contributed by atoms with Crippen LogP contribution in [0.15, 0.2) is 65.1 Å². The minimum absolute atomic E-state index is 0.0336. The quantitative estimate of drug-likeness (QED) is 0.524. The van der Waals surface area contributed by atoms with Gasteiger partial charge in [0.1, 0.15) is 6.61 Å². The summed E-state index contributed by atoms with van der Waals surface area (Å²) in [6.45, 7) is 1.84. The van der Waals surface area contributed by atoms with Crippen molar-refractivity contribution >= 4 is 33.7 Å². The van der Waals surface area contributed by atoms with Crippen LogP contribution in [0.25, 0.3) is 11.1 Å². The molecule has 0 aliphatic heterocycles. The van der Waals surface area contributed by atoms with Crippen molar-refractivity contribution in [3.63, 3.8) is 0 Å². The number of carboxylic acids is 1. The smallest absolute Gasteiger partial charge is 0.411 e. The lowest BCUT2D eigenvalue weighted by atomic mass is 9.98. The Morgan fingerprint density at radius 3 is 2.17 bits per heavy atom. The summed E-state index contributed by atoms with van der Waals surface area (Å²) in [6.07, 6.45) is -0.617. The Morgan fingerprint density at radius 2 is 1.59 bits per heavy atom. The zero-order valence-electron chi connectivity index (χ0n) is 15.6. The summed E-state index contributed by atoms with van der Waals surface area (Å²) in [6, 6.07) is 19.5. The Kier molecular flexibility index (Phi) is 5.11. The molecule has 0 unspecified atom stereocenters. The maximum atomic E-state index is 12.4. The summed E-state index contributed by atoms with van der Waals surface area (Å²) in [4.78, 5) is 23.9. The molecule has 6 heteroatoms. The maximum absolute atomic E-state index is 12.4. The highest BCUT2D eigenvalue weighted by molar-refractivity contribution is 9.10. The average Bonchev–Trinajstić information content (AvgIpc) is 3.02. The van der Waals surface area contributed by atoms with E-state index in [1.807, 2.05) is 24.3 Å². The minimum atomic E-state index is -1.06. The number of amides is 1. The van der Waals surface area contributed by atoms with E-state index in [-0.39, 0.29) is 18.1 Å². The fourth-order valence-corrected chi connectivity index (χ4v) is 4.42. The van der Waals surface area contributed by atoms with E-state index < -0.39 is 12.1 Å². The van der Waals surface area contributed by atoms with Gasteiger partial charge in [0, 0.05) is 16.1 Å². The third-order valence-electron chi connectivity index (χ3n) is 5.21. The number of halogens is 1. The number of benzene rings is 3. The molecule has 0 bridgehead atoms. The molecule has 0 spiro atoms. The number of hydrogen-bond acceptors (Lipinski definition) is 3. The van der Waals surface area contributed by atoms with Gasteiger partial charge < -0.3 is 9.84 Å². The molecular formula is C23H18BrNO4. The van der Waals surface area contributed by atoms with Crippen molar-refractivity contribution in [2.45, 2.75) is 12.8 Å². The monoisotopic (exact) mass is 451 g/mol. The molecule has 0 fully saturated rings. The maximum Gasteiger partial charge on any atom is 0.411 e. The van der Waals surface area contributed by atoms with Crippen molar-refractivity contribution < 1.29 is 19.4 Å². The number of ether oxygens (including phenoxy) is 1. The van der Waals surface area contributed by atoms with Gasteiger partial charge in [0.2, 0.25) is 0 Å². The fraction of sp³-hybridized carbons (Fsp3) is 0.130. The van der Waals surface area contributed by atoms with E-state index in [1.165, 1.54) is 0 Å². The number of rotatable bonds is 4. The van der Waals surface area contributed by atoms with Crippen molar-refractivity contribution in [3.8, 4) is 11.1 Å². The van der Waals surface area contributed by atoms with Crippen LogP contribution < -0.4 is 5.32 Å². The van der Waals surface area contributed by atoms with Crippen molar-refractivity contribution in [1.82, 2.24) is 0 Å². The Morgan fingerprint density at radius 1 is 1.00 bits per heavy atom. The van der Waals surface area contributed by atoms with Crippen LogP contribution in [-0.2, 0) is 4.74 Å². The van der Waals surface area contributed by atoms with Gasteiger partial charge >= 0.3 is 12.1 Å². The topological polar surface area (TPSA) is 75.6 Å². The molecule has 4 rings (SSSR count). The predicted octanol–water partition coefficient (Wildman–Crippen LogP) is 5.82. The van der Waals surface area contributed by atoms with E-state index in [9.17, 15) is 14.7 Å². The normalized spacial score (nSPS) is 12.2. The molecule has 2 N–H and O–H groups in total. The Labute approximate surface area is 176 Å². The Hall–Kier alpha value is -3.12. The highest BCUT2D eigenvalue weighted by Crippen LogP contribution is 2.44. The second kappa shape index (κ2) is 7.72. The molecule has 0 saturated carbocycles. The first-order valence-corrected chi connectivity index (χ1v) is 9.91. The molecule has 0 saturated heterocycles. The van der Waals surface area contributed by atoms with Crippen LogP contribution in [0.4, 0.5) is 10.5 Å². The lowest BCUT2D eigenvalue weighted by molar-refractivity contribution is 0.0695. The minimum Gasteiger partial charge on any atom is -0.478 e. The lowest BCUT2D eigenvalue weighted by Gasteiger charge is -2.16. The van der Waals surface area contributed by atoms with Gasteiger partial charge in [-0.1, -0.05) is 48.5 Å². The number of carbonyl (C=O) groups excluding carboxylic acids is 1. The van der Waals surface area contributed by atoms with Gasteiger partial charge in [-0.3, -0.25) is 5.32 Å². The van der Waals surface area contributed by atoms with Gasteiger partial charge in [0.15, 0.2) is 0 Å². The molecule has 3 aromatic rings. The molecule has 0 radical (unpaired) electrons. The van der Waals surface area contributed by atoms with Crippen LogP contribution >= 0.6 is 15.9 Å². The van der Waals surface area contributed by atoms with Gasteiger partial charge in [-0.05, 0) is 62.8 Å². The molecule has 3 aromatic carbocycles. The largest absolute Gasteiger partial charge is 0.478 e. The van der Waals surface area contributed by atoms with Crippen molar-refractivity contribution in [2.75, 3.05) is 11.9 Å². The molecule has 0 heterocycles. The summed E-state index contributed by atoms with van der Waals surface area (Å²) in [5, 5.41) is 12.0. The van der Waals surface area contributed by atoms with Gasteiger partial charge in [0.25, 0.3) is 0 Å².